The molecular formula is C32H38CrN2O4. The SMILES string of the molecule is Cc1cc(C)c(O)c(C=Nc2ccccc2N=Cc2cc(C)cc(C)c2O)c1.[CH-]1CCCO1.[CH-]1CCCO1.[Cr+2]. The van der Waals surface area contributed by atoms with Crippen LogP contribution < -0.4 is 0 Å². The molecule has 2 saturated heterocycles. The largest absolute Gasteiger partial charge is 2.00 e. The standard InChI is InChI=1S/C24H24N2O2.2C4H7O.Cr/c1-15-9-17(3)23(27)19(11-15)13-25-21-7-5-6-8-22(21)26-14-20-12-16(2)10-18(4)24(20)28;2*1-2-4-5-3-1;/h5-14,27-28H,1-4H3;2*3H,1-2,4H2;/q;2*-1;+2. The van der Waals surface area contributed by atoms with E-state index < -0.39 is 0 Å². The number of phenolic OH excluding ortho intramolecular Hbond substituents is 2. The van der Waals surface area contributed by atoms with Gasteiger partial charge in [-0.2, -0.15) is 12.8 Å². The van der Waals surface area contributed by atoms with Crippen molar-refractivity contribution in [1.29, 1.82) is 0 Å². The van der Waals surface area contributed by atoms with E-state index in [2.05, 4.69) is 9.98 Å². The molecule has 3 aromatic rings. The van der Waals surface area contributed by atoms with E-state index in [1.54, 1.807) is 12.4 Å². The van der Waals surface area contributed by atoms with Crippen LogP contribution in [0.1, 0.15) is 59.1 Å². The summed E-state index contributed by atoms with van der Waals surface area (Å²) < 4.78 is 9.64. The number of hydrogen-bond acceptors (Lipinski definition) is 6. The predicted octanol–water partition coefficient (Wildman–Crippen LogP) is 7.75. The van der Waals surface area contributed by atoms with Gasteiger partial charge in [-0.3, -0.25) is 9.98 Å². The average molecular weight is 567 g/mol. The summed E-state index contributed by atoms with van der Waals surface area (Å²) in [5.74, 6) is 0.464. The Bertz CT molecular complexity index is 1140. The van der Waals surface area contributed by atoms with Crippen molar-refractivity contribution in [3.63, 3.8) is 0 Å². The molecule has 2 N–H and O–H groups in total. The van der Waals surface area contributed by atoms with Gasteiger partial charge in [0.25, 0.3) is 0 Å². The Balaban J connectivity index is 0.000000403. The van der Waals surface area contributed by atoms with Crippen LogP contribution in [0.25, 0.3) is 0 Å². The Hall–Kier alpha value is -2.95. The molecule has 0 amide bonds. The van der Waals surface area contributed by atoms with Crippen LogP contribution in [0.4, 0.5) is 11.4 Å². The number of aliphatic imine (C=N–C) groups is 2. The molecule has 5 rings (SSSR count). The van der Waals surface area contributed by atoms with Gasteiger partial charge in [-0.15, -0.1) is 0 Å². The number of ether oxygens (including phenoxy) is 2. The Morgan fingerprint density at radius 1 is 0.692 bits per heavy atom. The topological polar surface area (TPSA) is 83.6 Å². The zero-order valence-corrected chi connectivity index (χ0v) is 24.5. The molecule has 7 heteroatoms. The maximum Gasteiger partial charge on any atom is 2.00 e. The van der Waals surface area contributed by atoms with Crippen molar-refractivity contribution in [1.82, 2.24) is 0 Å². The molecule has 0 radical (unpaired) electrons. The third-order valence-corrected chi connectivity index (χ3v) is 5.92. The molecule has 0 saturated carbocycles. The summed E-state index contributed by atoms with van der Waals surface area (Å²) in [6, 6.07) is 15.2. The summed E-state index contributed by atoms with van der Waals surface area (Å²) in [6.45, 7) is 13.3. The van der Waals surface area contributed by atoms with E-state index in [9.17, 15) is 10.2 Å². The van der Waals surface area contributed by atoms with Crippen LogP contribution in [0.5, 0.6) is 11.5 Å². The molecule has 6 nitrogen and oxygen atoms in total. The van der Waals surface area contributed by atoms with E-state index in [-0.39, 0.29) is 28.9 Å². The van der Waals surface area contributed by atoms with E-state index in [1.165, 1.54) is 12.8 Å². The first-order chi connectivity index (χ1) is 18.3. The van der Waals surface area contributed by atoms with Crippen LogP contribution in [-0.2, 0) is 26.8 Å². The minimum absolute atomic E-state index is 0. The Morgan fingerprint density at radius 3 is 1.41 bits per heavy atom. The molecule has 0 aromatic heterocycles. The minimum Gasteiger partial charge on any atom is -0.552 e. The van der Waals surface area contributed by atoms with Gasteiger partial charge in [0.2, 0.25) is 0 Å². The summed E-state index contributed by atoms with van der Waals surface area (Å²) in [7, 11) is 0. The van der Waals surface area contributed by atoms with Crippen LogP contribution >= 0.6 is 0 Å². The van der Waals surface area contributed by atoms with Crippen molar-refractivity contribution in [3.05, 3.63) is 95.1 Å². The van der Waals surface area contributed by atoms with Gasteiger partial charge in [-0.05, 0) is 74.2 Å². The average Bonchev–Trinajstić information content (AvgIpc) is 3.67. The smallest absolute Gasteiger partial charge is 0.552 e. The minimum atomic E-state index is 0. The molecular weight excluding hydrogens is 528 g/mol. The van der Waals surface area contributed by atoms with Crippen LogP contribution in [0, 0.1) is 40.9 Å². The molecule has 0 bridgehead atoms. The first kappa shape index (κ1) is 32.3. The van der Waals surface area contributed by atoms with Crippen LogP contribution in [-0.4, -0.2) is 35.9 Å². The molecule has 2 aliphatic rings. The molecule has 0 unspecified atom stereocenters. The van der Waals surface area contributed by atoms with Crippen molar-refractivity contribution in [2.45, 2.75) is 53.4 Å². The van der Waals surface area contributed by atoms with Gasteiger partial charge in [0.15, 0.2) is 0 Å². The van der Waals surface area contributed by atoms with E-state index in [1.807, 2.05) is 89.4 Å². The van der Waals surface area contributed by atoms with Gasteiger partial charge in [0.05, 0.1) is 11.4 Å². The second-order valence-corrected chi connectivity index (χ2v) is 9.40. The second-order valence-electron chi connectivity index (χ2n) is 9.40. The van der Waals surface area contributed by atoms with Crippen molar-refractivity contribution in [3.8, 4) is 11.5 Å². The second kappa shape index (κ2) is 16.9. The number of hydrogen-bond donors (Lipinski definition) is 2. The first-order valence-corrected chi connectivity index (χ1v) is 13.0. The number of aryl methyl sites for hydroxylation is 4. The van der Waals surface area contributed by atoms with E-state index >= 15 is 0 Å². The predicted molar refractivity (Wildman–Crippen MR) is 155 cm³/mol. The van der Waals surface area contributed by atoms with Gasteiger partial charge in [-0.25, -0.2) is 13.2 Å². The van der Waals surface area contributed by atoms with Gasteiger partial charge in [0.1, 0.15) is 11.5 Å². The molecule has 2 fully saturated rings. The third kappa shape index (κ3) is 10.6. The molecule has 2 aliphatic heterocycles. The fourth-order valence-corrected chi connectivity index (χ4v) is 3.98. The monoisotopic (exact) mass is 566 g/mol. The Kier molecular flexibility index (Phi) is 14.0. The number of para-hydroxylation sites is 2. The fourth-order valence-electron chi connectivity index (χ4n) is 3.98. The molecule has 3 aromatic carbocycles. The Morgan fingerprint density at radius 2 is 1.10 bits per heavy atom. The molecule has 39 heavy (non-hydrogen) atoms. The zero-order valence-electron chi connectivity index (χ0n) is 23.2. The van der Waals surface area contributed by atoms with Crippen LogP contribution in [0.3, 0.4) is 0 Å². The summed E-state index contributed by atoms with van der Waals surface area (Å²) in [5.41, 5.74) is 6.46. The molecule has 2 heterocycles. The van der Waals surface area contributed by atoms with Crippen LogP contribution in [0.2, 0.25) is 0 Å². The molecule has 0 spiro atoms. The summed E-state index contributed by atoms with van der Waals surface area (Å²) in [6.07, 6.45) is 8.05. The van der Waals surface area contributed by atoms with E-state index in [0.29, 0.717) is 22.5 Å². The van der Waals surface area contributed by atoms with Crippen LogP contribution in [0.15, 0.2) is 58.5 Å². The quantitative estimate of drug-likeness (QED) is 0.250. The molecule has 0 aliphatic carbocycles. The summed E-state index contributed by atoms with van der Waals surface area (Å²) in [5, 5.41) is 20.5. The summed E-state index contributed by atoms with van der Waals surface area (Å²) >= 11 is 0. The fraction of sp³-hybridized carbons (Fsp3) is 0.312. The normalized spacial score (nSPS) is 14.5. The van der Waals surface area contributed by atoms with Crippen molar-refractivity contribution in [2.24, 2.45) is 9.98 Å². The number of phenols is 2. The van der Waals surface area contributed by atoms with E-state index in [4.69, 9.17) is 9.47 Å². The van der Waals surface area contributed by atoms with Crippen molar-refractivity contribution >= 4 is 23.8 Å². The number of nitrogens with zero attached hydrogens (tertiary/aromatic N) is 2. The number of rotatable bonds is 4. The van der Waals surface area contributed by atoms with E-state index in [0.717, 1.165) is 48.3 Å². The summed E-state index contributed by atoms with van der Waals surface area (Å²) in [4.78, 5) is 9.06. The Labute approximate surface area is 243 Å². The molecule has 0 atom stereocenters. The number of benzene rings is 3. The zero-order chi connectivity index (χ0) is 27.3. The number of aromatic hydroxyl groups is 2. The van der Waals surface area contributed by atoms with Gasteiger partial charge >= 0.3 is 17.4 Å². The van der Waals surface area contributed by atoms with Crippen molar-refractivity contribution < 1.29 is 37.0 Å². The molecule has 206 valence electrons. The van der Waals surface area contributed by atoms with Crippen molar-refractivity contribution in [2.75, 3.05) is 13.2 Å². The van der Waals surface area contributed by atoms with Gasteiger partial charge in [0, 0.05) is 36.8 Å². The maximum absolute atomic E-state index is 10.3. The van der Waals surface area contributed by atoms with Gasteiger partial charge < -0.3 is 19.7 Å². The third-order valence-electron chi connectivity index (χ3n) is 5.92. The maximum atomic E-state index is 10.3. The first-order valence-electron chi connectivity index (χ1n) is 13.0. The van der Waals surface area contributed by atoms with Gasteiger partial charge in [-0.1, -0.05) is 37.1 Å².